The summed E-state index contributed by atoms with van der Waals surface area (Å²) in [4.78, 5) is 0. The molecule has 0 saturated heterocycles. The summed E-state index contributed by atoms with van der Waals surface area (Å²) < 4.78 is 2.03. The van der Waals surface area contributed by atoms with Gasteiger partial charge in [-0.05, 0) is 24.5 Å². The normalized spacial score (nSPS) is 12.1. The first kappa shape index (κ1) is 13.4. The van der Waals surface area contributed by atoms with Gasteiger partial charge in [-0.1, -0.05) is 44.2 Å². The van der Waals surface area contributed by atoms with Crippen LogP contribution in [0.1, 0.15) is 43.3 Å². The smallest absolute Gasteiger partial charge is 0.0901 e. The fraction of sp³-hybridized carbons (Fsp3) is 0.375. The number of nitriles is 1. The lowest BCUT2D eigenvalue weighted by Gasteiger charge is -2.17. The summed E-state index contributed by atoms with van der Waals surface area (Å²) in [5.74, 6) is 0. The van der Waals surface area contributed by atoms with E-state index in [9.17, 15) is 0 Å². The number of benzene rings is 1. The third-order valence-corrected chi connectivity index (χ3v) is 3.35. The second kappa shape index (κ2) is 6.19. The van der Waals surface area contributed by atoms with E-state index in [0.717, 1.165) is 24.1 Å². The number of hydrogen-bond donors (Lipinski definition) is 0. The molecule has 1 heterocycles. The van der Waals surface area contributed by atoms with Crippen LogP contribution in [0, 0.1) is 11.3 Å². The Morgan fingerprint density at radius 3 is 2.53 bits per heavy atom. The summed E-state index contributed by atoms with van der Waals surface area (Å²) in [6.07, 6.45) is 2.30. The van der Waals surface area contributed by atoms with E-state index in [0.29, 0.717) is 6.42 Å². The van der Waals surface area contributed by atoms with E-state index in [1.165, 1.54) is 5.69 Å². The summed E-state index contributed by atoms with van der Waals surface area (Å²) in [6.45, 7) is 4.23. The summed E-state index contributed by atoms with van der Waals surface area (Å²) in [6, 6.07) is 14.6. The van der Waals surface area contributed by atoms with Crippen LogP contribution in [0.5, 0.6) is 0 Å². The predicted molar refractivity (Wildman–Crippen MR) is 75.8 cm³/mol. The number of hydrogen-bond acceptors (Lipinski definition) is 2. The Bertz CT molecular complexity index is 563. The zero-order valence-electron chi connectivity index (χ0n) is 11.5. The Kier molecular flexibility index (Phi) is 4.35. The third-order valence-electron chi connectivity index (χ3n) is 3.35. The van der Waals surface area contributed by atoms with E-state index in [1.807, 2.05) is 22.9 Å². The van der Waals surface area contributed by atoms with Crippen LogP contribution in [0.3, 0.4) is 0 Å². The SMILES string of the molecule is CCc1cc(CC)n(C(CC#N)c2ccccc2)n1. The Labute approximate surface area is 114 Å². The number of aryl methyl sites for hydroxylation is 2. The van der Waals surface area contributed by atoms with Crippen LogP contribution in [-0.4, -0.2) is 9.78 Å². The maximum absolute atomic E-state index is 9.10. The molecule has 0 bridgehead atoms. The van der Waals surface area contributed by atoms with Gasteiger partial charge in [0.05, 0.1) is 24.2 Å². The highest BCUT2D eigenvalue weighted by molar-refractivity contribution is 5.23. The molecule has 1 aromatic carbocycles. The monoisotopic (exact) mass is 253 g/mol. The van der Waals surface area contributed by atoms with Crippen LogP contribution in [0.2, 0.25) is 0 Å². The minimum Gasteiger partial charge on any atom is -0.261 e. The molecule has 3 nitrogen and oxygen atoms in total. The van der Waals surface area contributed by atoms with Crippen LogP contribution in [0.25, 0.3) is 0 Å². The lowest BCUT2D eigenvalue weighted by Crippen LogP contribution is -2.14. The second-order valence-corrected chi connectivity index (χ2v) is 4.57. The highest BCUT2D eigenvalue weighted by Crippen LogP contribution is 2.23. The van der Waals surface area contributed by atoms with Gasteiger partial charge in [0.25, 0.3) is 0 Å². The first-order valence-electron chi connectivity index (χ1n) is 6.79. The van der Waals surface area contributed by atoms with Crippen molar-refractivity contribution in [3.05, 3.63) is 53.3 Å². The molecule has 0 saturated carbocycles. The summed E-state index contributed by atoms with van der Waals surface area (Å²) >= 11 is 0. The highest BCUT2D eigenvalue weighted by Gasteiger charge is 2.17. The number of nitrogens with zero attached hydrogens (tertiary/aromatic N) is 3. The van der Waals surface area contributed by atoms with Gasteiger partial charge < -0.3 is 0 Å². The summed E-state index contributed by atoms with van der Waals surface area (Å²) in [5, 5.41) is 13.8. The highest BCUT2D eigenvalue weighted by atomic mass is 15.3. The molecule has 0 amide bonds. The molecule has 0 N–H and O–H groups in total. The van der Waals surface area contributed by atoms with Gasteiger partial charge in [0.2, 0.25) is 0 Å². The van der Waals surface area contributed by atoms with Gasteiger partial charge in [-0.2, -0.15) is 10.4 Å². The first-order valence-corrected chi connectivity index (χ1v) is 6.79. The van der Waals surface area contributed by atoms with Crippen LogP contribution >= 0.6 is 0 Å². The molecule has 98 valence electrons. The van der Waals surface area contributed by atoms with Crippen LogP contribution < -0.4 is 0 Å². The van der Waals surface area contributed by atoms with Crippen molar-refractivity contribution in [3.8, 4) is 6.07 Å². The zero-order valence-corrected chi connectivity index (χ0v) is 11.5. The third kappa shape index (κ3) is 2.85. The topological polar surface area (TPSA) is 41.6 Å². The van der Waals surface area contributed by atoms with Crippen molar-refractivity contribution in [3.63, 3.8) is 0 Å². The van der Waals surface area contributed by atoms with Crippen molar-refractivity contribution < 1.29 is 0 Å². The maximum atomic E-state index is 9.10. The number of rotatable bonds is 5. The summed E-state index contributed by atoms with van der Waals surface area (Å²) in [5.41, 5.74) is 3.43. The molecule has 0 aliphatic rings. The van der Waals surface area contributed by atoms with E-state index in [-0.39, 0.29) is 6.04 Å². The standard InChI is InChI=1S/C16H19N3/c1-3-14-12-15(4-2)19(18-14)16(10-11-17)13-8-6-5-7-9-13/h5-9,12,16H,3-4,10H2,1-2H3. The van der Waals surface area contributed by atoms with Gasteiger partial charge in [0.1, 0.15) is 0 Å². The quantitative estimate of drug-likeness (QED) is 0.818. The van der Waals surface area contributed by atoms with Crippen LogP contribution in [-0.2, 0) is 12.8 Å². The maximum Gasteiger partial charge on any atom is 0.0901 e. The van der Waals surface area contributed by atoms with Crippen molar-refractivity contribution in [2.24, 2.45) is 0 Å². The molecule has 0 spiro atoms. The van der Waals surface area contributed by atoms with E-state index in [2.05, 4.69) is 43.2 Å². The van der Waals surface area contributed by atoms with Gasteiger partial charge in [0, 0.05) is 5.69 Å². The molecule has 0 aliphatic heterocycles. The number of aromatic nitrogens is 2. The average molecular weight is 253 g/mol. The van der Waals surface area contributed by atoms with E-state index in [1.54, 1.807) is 0 Å². The first-order chi connectivity index (χ1) is 9.30. The molecule has 3 heteroatoms. The van der Waals surface area contributed by atoms with Gasteiger partial charge in [-0.3, -0.25) is 4.68 Å². The molecule has 2 aromatic rings. The van der Waals surface area contributed by atoms with E-state index in [4.69, 9.17) is 5.26 Å². The van der Waals surface area contributed by atoms with Crippen molar-refractivity contribution in [1.82, 2.24) is 9.78 Å². The molecule has 1 atom stereocenters. The molecular formula is C16H19N3. The minimum absolute atomic E-state index is 0.0152. The molecule has 1 unspecified atom stereocenters. The average Bonchev–Trinajstić information content (AvgIpc) is 2.88. The van der Waals surface area contributed by atoms with Gasteiger partial charge in [0.15, 0.2) is 0 Å². The Morgan fingerprint density at radius 2 is 1.95 bits per heavy atom. The summed E-state index contributed by atoms with van der Waals surface area (Å²) in [7, 11) is 0. The van der Waals surface area contributed by atoms with Crippen molar-refractivity contribution in [2.45, 2.75) is 39.2 Å². The van der Waals surface area contributed by atoms with Gasteiger partial charge in [-0.15, -0.1) is 0 Å². The van der Waals surface area contributed by atoms with Crippen molar-refractivity contribution in [2.75, 3.05) is 0 Å². The minimum atomic E-state index is 0.0152. The molecule has 19 heavy (non-hydrogen) atoms. The second-order valence-electron chi connectivity index (χ2n) is 4.57. The predicted octanol–water partition coefficient (Wildman–Crippen LogP) is 3.51. The van der Waals surface area contributed by atoms with Crippen LogP contribution in [0.4, 0.5) is 0 Å². The molecule has 0 fully saturated rings. The molecule has 0 aliphatic carbocycles. The lowest BCUT2D eigenvalue weighted by atomic mass is 10.0. The zero-order chi connectivity index (χ0) is 13.7. The van der Waals surface area contributed by atoms with E-state index >= 15 is 0 Å². The van der Waals surface area contributed by atoms with E-state index < -0.39 is 0 Å². The van der Waals surface area contributed by atoms with Crippen LogP contribution in [0.15, 0.2) is 36.4 Å². The molecule has 2 rings (SSSR count). The molecule has 1 aromatic heterocycles. The largest absolute Gasteiger partial charge is 0.261 e. The van der Waals surface area contributed by atoms with Gasteiger partial charge in [-0.25, -0.2) is 0 Å². The van der Waals surface area contributed by atoms with Crippen molar-refractivity contribution in [1.29, 1.82) is 5.26 Å². The fourth-order valence-corrected chi connectivity index (χ4v) is 2.30. The Morgan fingerprint density at radius 1 is 1.21 bits per heavy atom. The van der Waals surface area contributed by atoms with Crippen molar-refractivity contribution >= 4 is 0 Å². The fourth-order valence-electron chi connectivity index (χ4n) is 2.30. The Balaban J connectivity index is 2.45. The van der Waals surface area contributed by atoms with Gasteiger partial charge >= 0.3 is 0 Å². The molecule has 0 radical (unpaired) electrons. The lowest BCUT2D eigenvalue weighted by molar-refractivity contribution is 0.508. The molecular weight excluding hydrogens is 234 g/mol. The Hall–Kier alpha value is -2.08.